The van der Waals surface area contributed by atoms with E-state index in [1.165, 1.54) is 54.5 Å². The van der Waals surface area contributed by atoms with Gasteiger partial charge >= 0.3 is 0 Å². The molecular formula is C25H30N2. The maximum Gasteiger partial charge on any atom is 0.0565 e. The molecular weight excluding hydrogens is 328 g/mol. The van der Waals surface area contributed by atoms with Crippen molar-refractivity contribution in [2.24, 2.45) is 0 Å². The summed E-state index contributed by atoms with van der Waals surface area (Å²) in [5.41, 5.74) is 8.78. The van der Waals surface area contributed by atoms with E-state index in [2.05, 4.69) is 84.2 Å². The second-order valence-electron chi connectivity index (χ2n) is 7.90. The van der Waals surface area contributed by atoms with Crippen molar-refractivity contribution in [2.75, 3.05) is 20.6 Å². The molecule has 0 saturated heterocycles. The van der Waals surface area contributed by atoms with Gasteiger partial charge in [-0.25, -0.2) is 0 Å². The summed E-state index contributed by atoms with van der Waals surface area (Å²) in [6.45, 7) is 2.22. The van der Waals surface area contributed by atoms with Gasteiger partial charge in [0.15, 0.2) is 0 Å². The zero-order valence-corrected chi connectivity index (χ0v) is 16.6. The van der Waals surface area contributed by atoms with Crippen molar-refractivity contribution in [3.05, 3.63) is 71.9 Å². The van der Waals surface area contributed by atoms with Gasteiger partial charge in [-0.2, -0.15) is 0 Å². The summed E-state index contributed by atoms with van der Waals surface area (Å²) in [4.78, 5) is 2.29. The normalized spacial score (nSPS) is 13.7. The van der Waals surface area contributed by atoms with Gasteiger partial charge in [0.2, 0.25) is 0 Å². The van der Waals surface area contributed by atoms with Crippen LogP contribution in [0.1, 0.15) is 30.5 Å². The molecule has 0 amide bonds. The number of hydrogen-bond acceptors (Lipinski definition) is 1. The Balaban J connectivity index is 1.90. The molecule has 0 aliphatic heterocycles. The monoisotopic (exact) mass is 358 g/mol. The van der Waals surface area contributed by atoms with Gasteiger partial charge in [-0.3, -0.25) is 0 Å². The second-order valence-corrected chi connectivity index (χ2v) is 7.90. The van der Waals surface area contributed by atoms with Crippen LogP contribution >= 0.6 is 0 Å². The Morgan fingerprint density at radius 1 is 0.815 bits per heavy atom. The highest BCUT2D eigenvalue weighted by Gasteiger charge is 2.26. The van der Waals surface area contributed by atoms with Crippen LogP contribution in [-0.2, 0) is 19.4 Å². The minimum Gasteiger partial charge on any atom is -0.344 e. The van der Waals surface area contributed by atoms with E-state index in [1.54, 1.807) is 11.3 Å². The van der Waals surface area contributed by atoms with E-state index in [9.17, 15) is 0 Å². The zero-order valence-electron chi connectivity index (χ0n) is 16.6. The molecule has 0 spiro atoms. The van der Waals surface area contributed by atoms with Gasteiger partial charge < -0.3 is 9.47 Å². The number of rotatable bonds is 6. The molecule has 2 heteroatoms. The molecule has 0 radical (unpaired) electrons. The highest BCUT2D eigenvalue weighted by atomic mass is 15.1. The molecule has 4 rings (SSSR count). The predicted octanol–water partition coefficient (Wildman–Crippen LogP) is 5.65. The molecule has 0 bridgehead atoms. The first-order valence-electron chi connectivity index (χ1n) is 10.3. The van der Waals surface area contributed by atoms with Gasteiger partial charge in [-0.15, -0.1) is 0 Å². The Hall–Kier alpha value is -2.32. The van der Waals surface area contributed by atoms with E-state index < -0.39 is 0 Å². The molecule has 0 unspecified atom stereocenters. The molecule has 0 N–H and O–H groups in total. The first-order chi connectivity index (χ1) is 13.3. The quantitative estimate of drug-likeness (QED) is 0.552. The zero-order chi connectivity index (χ0) is 18.6. The third kappa shape index (κ3) is 3.72. The molecule has 3 aromatic rings. The van der Waals surface area contributed by atoms with Crippen molar-refractivity contribution in [1.29, 1.82) is 0 Å². The molecule has 2 nitrogen and oxygen atoms in total. The smallest absolute Gasteiger partial charge is 0.0565 e. The van der Waals surface area contributed by atoms with Crippen molar-refractivity contribution in [2.45, 2.75) is 38.6 Å². The lowest BCUT2D eigenvalue weighted by atomic mass is 9.90. The van der Waals surface area contributed by atoms with Crippen molar-refractivity contribution in [1.82, 2.24) is 9.47 Å². The Morgan fingerprint density at radius 2 is 1.44 bits per heavy atom. The molecule has 1 heterocycles. The van der Waals surface area contributed by atoms with Crippen LogP contribution in [0.25, 0.3) is 22.4 Å². The Labute approximate surface area is 163 Å². The molecule has 27 heavy (non-hydrogen) atoms. The summed E-state index contributed by atoms with van der Waals surface area (Å²) in [5.74, 6) is 0. The molecule has 1 aliphatic rings. The van der Waals surface area contributed by atoms with Crippen molar-refractivity contribution in [3.8, 4) is 22.4 Å². The summed E-state index contributed by atoms with van der Waals surface area (Å²) in [6.07, 6.45) is 6.22. The maximum atomic E-state index is 2.65. The van der Waals surface area contributed by atoms with E-state index in [1.807, 2.05) is 0 Å². The van der Waals surface area contributed by atoms with Crippen LogP contribution in [0.2, 0.25) is 0 Å². The Kier molecular flexibility index (Phi) is 5.45. The number of fused-ring (bicyclic) bond motifs is 1. The maximum absolute atomic E-state index is 2.65. The molecule has 0 fully saturated rings. The highest BCUT2D eigenvalue weighted by Crippen LogP contribution is 2.42. The molecule has 140 valence electrons. The molecule has 0 atom stereocenters. The largest absolute Gasteiger partial charge is 0.344 e. The van der Waals surface area contributed by atoms with E-state index >= 15 is 0 Å². The van der Waals surface area contributed by atoms with Crippen LogP contribution in [0.4, 0.5) is 0 Å². The minimum atomic E-state index is 1.09. The van der Waals surface area contributed by atoms with E-state index in [0.29, 0.717) is 0 Å². The van der Waals surface area contributed by atoms with Crippen LogP contribution in [0, 0.1) is 0 Å². The first-order valence-corrected chi connectivity index (χ1v) is 10.3. The SMILES string of the molecule is CN(C)CCCn1c2c(c(-c3ccccc3)c1-c1ccccc1)CCCC2. The van der Waals surface area contributed by atoms with Gasteiger partial charge in [0, 0.05) is 17.8 Å². The van der Waals surface area contributed by atoms with E-state index in [0.717, 1.165) is 13.1 Å². The third-order valence-corrected chi connectivity index (χ3v) is 5.67. The number of nitrogens with zero attached hydrogens (tertiary/aromatic N) is 2. The van der Waals surface area contributed by atoms with Crippen LogP contribution in [0.5, 0.6) is 0 Å². The molecule has 1 aromatic heterocycles. The topological polar surface area (TPSA) is 8.17 Å². The van der Waals surface area contributed by atoms with Crippen LogP contribution in [0.3, 0.4) is 0 Å². The fourth-order valence-electron chi connectivity index (χ4n) is 4.47. The average Bonchev–Trinajstić information content (AvgIpc) is 3.03. The van der Waals surface area contributed by atoms with Gasteiger partial charge in [0.1, 0.15) is 0 Å². The fourth-order valence-corrected chi connectivity index (χ4v) is 4.47. The lowest BCUT2D eigenvalue weighted by Crippen LogP contribution is -2.17. The first kappa shape index (κ1) is 18.1. The highest BCUT2D eigenvalue weighted by molar-refractivity contribution is 5.86. The number of hydrogen-bond donors (Lipinski definition) is 0. The third-order valence-electron chi connectivity index (χ3n) is 5.67. The standard InChI is InChI=1S/C25H30N2/c1-26(2)18-11-19-27-23-17-10-9-16-22(23)24(20-12-5-3-6-13-20)25(27)21-14-7-4-8-15-21/h3-8,12-15H,9-11,16-19H2,1-2H3. The van der Waals surface area contributed by atoms with E-state index in [-0.39, 0.29) is 0 Å². The summed E-state index contributed by atoms with van der Waals surface area (Å²) < 4.78 is 2.65. The van der Waals surface area contributed by atoms with Gasteiger partial charge in [-0.1, -0.05) is 60.7 Å². The summed E-state index contributed by atoms with van der Waals surface area (Å²) in [6, 6.07) is 22.0. The van der Waals surface area contributed by atoms with Crippen molar-refractivity contribution < 1.29 is 0 Å². The van der Waals surface area contributed by atoms with Gasteiger partial charge in [0.25, 0.3) is 0 Å². The van der Waals surface area contributed by atoms with Gasteiger partial charge in [-0.05, 0) is 69.4 Å². The van der Waals surface area contributed by atoms with Crippen LogP contribution in [0.15, 0.2) is 60.7 Å². The Bertz CT molecular complexity index is 876. The number of benzene rings is 2. The minimum absolute atomic E-state index is 1.09. The predicted molar refractivity (Wildman–Crippen MR) is 115 cm³/mol. The second kappa shape index (κ2) is 8.14. The lowest BCUT2D eigenvalue weighted by molar-refractivity contribution is 0.385. The Morgan fingerprint density at radius 3 is 2.11 bits per heavy atom. The summed E-state index contributed by atoms with van der Waals surface area (Å²) in [5, 5.41) is 0. The fraction of sp³-hybridized carbons (Fsp3) is 0.360. The van der Waals surface area contributed by atoms with Crippen molar-refractivity contribution in [3.63, 3.8) is 0 Å². The number of aromatic nitrogens is 1. The van der Waals surface area contributed by atoms with Crippen LogP contribution < -0.4 is 0 Å². The van der Waals surface area contributed by atoms with Gasteiger partial charge in [0.05, 0.1) is 5.69 Å². The summed E-state index contributed by atoms with van der Waals surface area (Å²) >= 11 is 0. The molecule has 0 saturated carbocycles. The molecule has 1 aliphatic carbocycles. The van der Waals surface area contributed by atoms with E-state index in [4.69, 9.17) is 0 Å². The molecule has 2 aromatic carbocycles. The van der Waals surface area contributed by atoms with Crippen LogP contribution in [-0.4, -0.2) is 30.1 Å². The lowest BCUT2D eigenvalue weighted by Gasteiger charge is -2.18. The summed E-state index contributed by atoms with van der Waals surface area (Å²) in [7, 11) is 4.33. The average molecular weight is 359 g/mol. The van der Waals surface area contributed by atoms with Crippen molar-refractivity contribution >= 4 is 0 Å².